The molecule has 8 heteroatoms. The molecule has 0 amide bonds. The number of ether oxygens (including phenoxy) is 1. The number of para-hydroxylation sites is 1. The molecule has 0 bridgehead atoms. The number of hydrogen-bond donors (Lipinski definition) is 2. The molecule has 2 heterocycles. The fraction of sp³-hybridized carbons (Fsp3) is 0.471. The van der Waals surface area contributed by atoms with Gasteiger partial charge in [0.25, 0.3) is 0 Å². The second-order valence-electron chi connectivity index (χ2n) is 6.58. The predicted molar refractivity (Wildman–Crippen MR) is 108 cm³/mol. The van der Waals surface area contributed by atoms with Crippen LogP contribution in [0.25, 0.3) is 0 Å². The number of aromatic nitrogens is 3. The van der Waals surface area contributed by atoms with Crippen LogP contribution in [0.2, 0.25) is 0 Å². The zero-order chi connectivity index (χ0) is 17.2. The van der Waals surface area contributed by atoms with Crippen LogP contribution >= 0.6 is 24.0 Å². The second-order valence-corrected chi connectivity index (χ2v) is 6.58. The van der Waals surface area contributed by atoms with Crippen molar-refractivity contribution in [1.82, 2.24) is 25.4 Å². The highest BCUT2D eigenvalue weighted by Crippen LogP contribution is 2.39. The van der Waals surface area contributed by atoms with Crippen molar-refractivity contribution in [2.45, 2.75) is 38.5 Å². The molecule has 0 saturated heterocycles. The van der Waals surface area contributed by atoms with Crippen LogP contribution in [0, 0.1) is 0 Å². The minimum absolute atomic E-state index is 0. The summed E-state index contributed by atoms with van der Waals surface area (Å²) >= 11 is 0. The number of benzene rings is 1. The first-order valence-corrected chi connectivity index (χ1v) is 8.06. The van der Waals surface area contributed by atoms with Crippen LogP contribution in [0.1, 0.15) is 37.7 Å². The van der Waals surface area contributed by atoms with E-state index in [1.165, 1.54) is 0 Å². The number of hydrogen-bond acceptors (Lipinski definition) is 4. The number of aryl methyl sites for hydroxylation is 1. The minimum atomic E-state index is -0.228. The smallest absolute Gasteiger partial charge is 0.191 e. The average molecular weight is 456 g/mol. The molecule has 1 aromatic heterocycles. The zero-order valence-corrected chi connectivity index (χ0v) is 17.3. The Hall–Kier alpha value is -1.84. The van der Waals surface area contributed by atoms with Crippen molar-refractivity contribution < 1.29 is 4.74 Å². The molecule has 25 heavy (non-hydrogen) atoms. The van der Waals surface area contributed by atoms with Crippen LogP contribution in [0.15, 0.2) is 35.6 Å². The number of nitrogens with zero attached hydrogens (tertiary/aromatic N) is 4. The summed E-state index contributed by atoms with van der Waals surface area (Å²) in [6.45, 7) is 4.77. The van der Waals surface area contributed by atoms with Crippen molar-refractivity contribution in [3.05, 3.63) is 42.0 Å². The van der Waals surface area contributed by atoms with E-state index in [1.54, 1.807) is 13.4 Å². The summed E-state index contributed by atoms with van der Waals surface area (Å²) < 4.78 is 7.96. The lowest BCUT2D eigenvalue weighted by Gasteiger charge is -2.38. The molecule has 1 aliphatic heterocycles. The first kappa shape index (κ1) is 19.5. The second kappa shape index (κ2) is 8.03. The minimum Gasteiger partial charge on any atom is -0.487 e. The van der Waals surface area contributed by atoms with Gasteiger partial charge in [-0.05, 0) is 19.9 Å². The molecule has 136 valence electrons. The van der Waals surface area contributed by atoms with Gasteiger partial charge < -0.3 is 19.9 Å². The van der Waals surface area contributed by atoms with Crippen molar-refractivity contribution in [3.63, 3.8) is 0 Å². The van der Waals surface area contributed by atoms with Gasteiger partial charge in [-0.2, -0.15) is 0 Å². The SMILES string of the molecule is CN=C(NCc1nncn1C)NC1CC(C)(C)Oc2ccccc21.I. The van der Waals surface area contributed by atoms with Crippen molar-refractivity contribution in [1.29, 1.82) is 0 Å². The topological polar surface area (TPSA) is 76.4 Å². The molecule has 0 aliphatic carbocycles. The fourth-order valence-electron chi connectivity index (χ4n) is 2.92. The monoisotopic (exact) mass is 456 g/mol. The Morgan fingerprint density at radius 3 is 2.84 bits per heavy atom. The maximum absolute atomic E-state index is 6.08. The van der Waals surface area contributed by atoms with E-state index in [0.717, 1.165) is 29.5 Å². The van der Waals surface area contributed by atoms with Crippen LogP contribution in [-0.2, 0) is 13.6 Å². The summed E-state index contributed by atoms with van der Waals surface area (Å²) in [6, 6.07) is 8.28. The molecular weight excluding hydrogens is 431 g/mol. The highest BCUT2D eigenvalue weighted by molar-refractivity contribution is 14.0. The molecule has 0 fully saturated rings. The van der Waals surface area contributed by atoms with E-state index in [9.17, 15) is 0 Å². The largest absolute Gasteiger partial charge is 0.487 e. The van der Waals surface area contributed by atoms with Crippen molar-refractivity contribution in [3.8, 4) is 5.75 Å². The van der Waals surface area contributed by atoms with Gasteiger partial charge in [-0.25, -0.2) is 0 Å². The van der Waals surface area contributed by atoms with Gasteiger partial charge in [-0.1, -0.05) is 18.2 Å². The molecule has 7 nitrogen and oxygen atoms in total. The van der Waals surface area contributed by atoms with Crippen LogP contribution in [0.4, 0.5) is 0 Å². The maximum atomic E-state index is 6.08. The average Bonchev–Trinajstić information content (AvgIpc) is 2.95. The molecule has 1 aromatic carbocycles. The predicted octanol–water partition coefficient (Wildman–Crippen LogP) is 2.40. The van der Waals surface area contributed by atoms with E-state index in [2.05, 4.69) is 45.7 Å². The molecule has 0 radical (unpaired) electrons. The lowest BCUT2D eigenvalue weighted by molar-refractivity contribution is 0.0694. The molecule has 0 saturated carbocycles. The number of nitrogens with one attached hydrogen (secondary N) is 2. The van der Waals surface area contributed by atoms with E-state index in [0.29, 0.717) is 6.54 Å². The van der Waals surface area contributed by atoms with Gasteiger partial charge in [0, 0.05) is 26.1 Å². The van der Waals surface area contributed by atoms with Crippen molar-refractivity contribution in [2.24, 2.45) is 12.0 Å². The Morgan fingerprint density at radius 1 is 1.40 bits per heavy atom. The highest BCUT2D eigenvalue weighted by Gasteiger charge is 2.33. The van der Waals surface area contributed by atoms with Crippen LogP contribution in [0.5, 0.6) is 5.75 Å². The standard InChI is InChI=1S/C17H24N6O.HI/c1-17(2)9-13(12-7-5-6-8-14(12)24-17)21-16(18-3)19-10-15-22-20-11-23(15)4;/h5-8,11,13H,9-10H2,1-4H3,(H2,18,19,21);1H. The zero-order valence-electron chi connectivity index (χ0n) is 15.0. The van der Waals surface area contributed by atoms with Gasteiger partial charge >= 0.3 is 0 Å². The lowest BCUT2D eigenvalue weighted by Crippen LogP contribution is -2.45. The van der Waals surface area contributed by atoms with Gasteiger partial charge in [0.2, 0.25) is 0 Å². The summed E-state index contributed by atoms with van der Waals surface area (Å²) in [7, 11) is 3.69. The molecular formula is C17H25IN6O. The van der Waals surface area contributed by atoms with Gasteiger partial charge in [-0.15, -0.1) is 34.2 Å². The number of guanidine groups is 1. The Kier molecular flexibility index (Phi) is 6.26. The number of rotatable bonds is 3. The Balaban J connectivity index is 0.00000225. The van der Waals surface area contributed by atoms with Gasteiger partial charge in [0.15, 0.2) is 11.8 Å². The van der Waals surface area contributed by atoms with E-state index in [1.807, 2.05) is 29.8 Å². The summed E-state index contributed by atoms with van der Waals surface area (Å²) in [4.78, 5) is 4.33. The quantitative estimate of drug-likeness (QED) is 0.422. The van der Waals surface area contributed by atoms with Gasteiger partial charge in [0.1, 0.15) is 17.7 Å². The van der Waals surface area contributed by atoms with Gasteiger partial charge in [-0.3, -0.25) is 4.99 Å². The Morgan fingerprint density at radius 2 is 2.16 bits per heavy atom. The fourth-order valence-corrected chi connectivity index (χ4v) is 2.92. The Labute approximate surface area is 165 Å². The number of halogens is 1. The normalized spacial score (nSPS) is 18.6. The summed E-state index contributed by atoms with van der Waals surface area (Å²) in [6.07, 6.45) is 2.54. The van der Waals surface area contributed by atoms with Crippen molar-refractivity contribution >= 4 is 29.9 Å². The molecule has 2 N–H and O–H groups in total. The molecule has 3 rings (SSSR count). The molecule has 1 atom stereocenters. The van der Waals surface area contributed by atoms with Crippen LogP contribution < -0.4 is 15.4 Å². The van der Waals surface area contributed by atoms with Crippen LogP contribution in [-0.4, -0.2) is 33.4 Å². The third-order valence-corrected chi connectivity index (χ3v) is 4.13. The molecule has 2 aromatic rings. The van der Waals surface area contributed by atoms with Crippen molar-refractivity contribution in [2.75, 3.05) is 7.05 Å². The third-order valence-electron chi connectivity index (χ3n) is 4.13. The first-order chi connectivity index (χ1) is 11.5. The van der Waals surface area contributed by atoms with Crippen LogP contribution in [0.3, 0.4) is 0 Å². The Bertz CT molecular complexity index is 742. The number of aliphatic imine (C=N–C) groups is 1. The lowest BCUT2D eigenvalue weighted by atomic mass is 9.90. The highest BCUT2D eigenvalue weighted by atomic mass is 127. The summed E-state index contributed by atoms with van der Waals surface area (Å²) in [5, 5.41) is 14.8. The number of fused-ring (bicyclic) bond motifs is 1. The molecule has 1 unspecified atom stereocenters. The van der Waals surface area contributed by atoms with E-state index < -0.39 is 0 Å². The summed E-state index contributed by atoms with van der Waals surface area (Å²) in [5.41, 5.74) is 0.924. The van der Waals surface area contributed by atoms with Gasteiger partial charge in [0.05, 0.1) is 12.6 Å². The van der Waals surface area contributed by atoms with E-state index >= 15 is 0 Å². The van der Waals surface area contributed by atoms with E-state index in [-0.39, 0.29) is 35.6 Å². The van der Waals surface area contributed by atoms with E-state index in [4.69, 9.17) is 4.74 Å². The molecule has 0 spiro atoms. The maximum Gasteiger partial charge on any atom is 0.191 e. The summed E-state index contributed by atoms with van der Waals surface area (Å²) in [5.74, 6) is 2.51. The third kappa shape index (κ3) is 4.62. The molecule has 1 aliphatic rings. The first-order valence-electron chi connectivity index (χ1n) is 8.06.